The quantitative estimate of drug-likeness (QED) is 0.753. The van der Waals surface area contributed by atoms with Crippen molar-refractivity contribution < 1.29 is 0 Å². The molecule has 4 nitrogen and oxygen atoms in total. The van der Waals surface area contributed by atoms with Crippen LogP contribution >= 0.6 is 0 Å². The first kappa shape index (κ1) is 12.7. The number of hydrogen-bond donors (Lipinski definition) is 1. The first-order valence-corrected chi connectivity index (χ1v) is 5.97. The highest BCUT2D eigenvalue weighted by atomic mass is 16.1. The van der Waals surface area contributed by atoms with Gasteiger partial charge in [0.15, 0.2) is 5.82 Å². The van der Waals surface area contributed by atoms with E-state index in [9.17, 15) is 4.79 Å². The smallest absolute Gasteiger partial charge is 0.293 e. The van der Waals surface area contributed by atoms with Gasteiger partial charge in [-0.1, -0.05) is 19.8 Å². The minimum absolute atomic E-state index is 0.0333. The van der Waals surface area contributed by atoms with E-state index in [1.54, 1.807) is 17.0 Å². The van der Waals surface area contributed by atoms with Gasteiger partial charge in [-0.25, -0.2) is 4.98 Å². The van der Waals surface area contributed by atoms with Crippen molar-refractivity contribution in [2.24, 2.45) is 0 Å². The average Bonchev–Trinajstić information content (AvgIpc) is 2.26. The zero-order valence-electron chi connectivity index (χ0n) is 10.4. The molecular weight excluding hydrogens is 202 g/mol. The SMILES string of the molecule is CCCCCNc1nccn(C(C)C)c1=O. The highest BCUT2D eigenvalue weighted by molar-refractivity contribution is 5.30. The molecule has 0 aliphatic carbocycles. The Bertz CT molecular complexity index is 371. The summed E-state index contributed by atoms with van der Waals surface area (Å²) >= 11 is 0. The second-order valence-electron chi connectivity index (χ2n) is 4.22. The van der Waals surface area contributed by atoms with Crippen molar-refractivity contribution in [3.8, 4) is 0 Å². The minimum atomic E-state index is -0.0333. The summed E-state index contributed by atoms with van der Waals surface area (Å²) in [6.07, 6.45) is 6.83. The second-order valence-corrected chi connectivity index (χ2v) is 4.22. The standard InChI is InChI=1S/C12H21N3O/c1-4-5-6-7-13-11-12(16)15(10(2)3)9-8-14-11/h8-10H,4-7H2,1-3H3,(H,13,14). The molecule has 1 N–H and O–H groups in total. The van der Waals surface area contributed by atoms with Crippen molar-refractivity contribution in [3.05, 3.63) is 22.7 Å². The molecule has 16 heavy (non-hydrogen) atoms. The summed E-state index contributed by atoms with van der Waals surface area (Å²) in [6.45, 7) is 6.95. The Morgan fingerprint density at radius 3 is 2.81 bits per heavy atom. The van der Waals surface area contributed by atoms with Crippen LogP contribution in [0.1, 0.15) is 46.1 Å². The molecule has 1 aromatic rings. The molecule has 0 unspecified atom stereocenters. The van der Waals surface area contributed by atoms with Gasteiger partial charge >= 0.3 is 0 Å². The van der Waals surface area contributed by atoms with Gasteiger partial charge in [-0.3, -0.25) is 4.79 Å². The van der Waals surface area contributed by atoms with Crippen LogP contribution in [0.4, 0.5) is 5.82 Å². The molecule has 90 valence electrons. The van der Waals surface area contributed by atoms with Crippen molar-refractivity contribution >= 4 is 5.82 Å². The van der Waals surface area contributed by atoms with E-state index in [0.717, 1.165) is 13.0 Å². The van der Waals surface area contributed by atoms with E-state index in [0.29, 0.717) is 5.82 Å². The zero-order valence-corrected chi connectivity index (χ0v) is 10.4. The number of nitrogens with zero attached hydrogens (tertiary/aromatic N) is 2. The van der Waals surface area contributed by atoms with Crippen LogP contribution in [-0.2, 0) is 0 Å². The van der Waals surface area contributed by atoms with E-state index < -0.39 is 0 Å². The Kier molecular flexibility index (Phi) is 5.02. The van der Waals surface area contributed by atoms with Crippen LogP contribution in [0.3, 0.4) is 0 Å². The van der Waals surface area contributed by atoms with Crippen LogP contribution in [0.15, 0.2) is 17.2 Å². The summed E-state index contributed by atoms with van der Waals surface area (Å²) in [5, 5.41) is 3.10. The van der Waals surface area contributed by atoms with Gasteiger partial charge in [0.1, 0.15) is 0 Å². The molecule has 0 radical (unpaired) electrons. The molecule has 0 bridgehead atoms. The van der Waals surface area contributed by atoms with Gasteiger partial charge in [0.05, 0.1) is 0 Å². The molecule has 0 saturated heterocycles. The number of rotatable bonds is 6. The fourth-order valence-electron chi connectivity index (χ4n) is 1.53. The normalized spacial score (nSPS) is 10.8. The predicted octanol–water partition coefficient (Wildman–Crippen LogP) is 2.43. The Morgan fingerprint density at radius 2 is 2.19 bits per heavy atom. The molecule has 1 rings (SSSR count). The molecule has 0 saturated carbocycles. The maximum absolute atomic E-state index is 11.9. The molecule has 0 aliphatic heterocycles. The van der Waals surface area contributed by atoms with Crippen molar-refractivity contribution in [1.29, 1.82) is 0 Å². The molecule has 0 aliphatic rings. The van der Waals surface area contributed by atoms with Crippen molar-refractivity contribution in [1.82, 2.24) is 9.55 Å². The molecule has 0 aromatic carbocycles. The maximum Gasteiger partial charge on any atom is 0.293 e. The van der Waals surface area contributed by atoms with E-state index in [2.05, 4.69) is 17.2 Å². The largest absolute Gasteiger partial charge is 0.365 e. The Hall–Kier alpha value is -1.32. The van der Waals surface area contributed by atoms with E-state index in [4.69, 9.17) is 0 Å². The number of nitrogens with one attached hydrogen (secondary N) is 1. The molecular formula is C12H21N3O. The van der Waals surface area contributed by atoms with Crippen LogP contribution < -0.4 is 10.9 Å². The molecule has 1 aromatic heterocycles. The molecule has 0 spiro atoms. The number of hydrogen-bond acceptors (Lipinski definition) is 3. The van der Waals surface area contributed by atoms with Crippen molar-refractivity contribution in [3.63, 3.8) is 0 Å². The minimum Gasteiger partial charge on any atom is -0.365 e. The van der Waals surface area contributed by atoms with Crippen LogP contribution in [0.25, 0.3) is 0 Å². The highest BCUT2D eigenvalue weighted by Gasteiger charge is 2.05. The van der Waals surface area contributed by atoms with Crippen molar-refractivity contribution in [2.45, 2.75) is 46.1 Å². The summed E-state index contributed by atoms with van der Waals surface area (Å²) < 4.78 is 1.69. The lowest BCUT2D eigenvalue weighted by Gasteiger charge is -2.11. The second kappa shape index (κ2) is 6.30. The zero-order chi connectivity index (χ0) is 12.0. The lowest BCUT2D eigenvalue weighted by molar-refractivity contribution is 0.575. The molecule has 1 heterocycles. The van der Waals surface area contributed by atoms with Gasteiger partial charge in [-0.05, 0) is 20.3 Å². The van der Waals surface area contributed by atoms with Crippen LogP contribution in [-0.4, -0.2) is 16.1 Å². The third-order valence-electron chi connectivity index (χ3n) is 2.50. The summed E-state index contributed by atoms with van der Waals surface area (Å²) in [5.41, 5.74) is -0.0333. The van der Waals surface area contributed by atoms with Gasteiger partial charge < -0.3 is 9.88 Å². The molecule has 0 fully saturated rings. The molecule has 0 amide bonds. The third-order valence-corrected chi connectivity index (χ3v) is 2.50. The Balaban J connectivity index is 2.66. The third kappa shape index (κ3) is 3.36. The lowest BCUT2D eigenvalue weighted by Crippen LogP contribution is -2.25. The summed E-state index contributed by atoms with van der Waals surface area (Å²) in [7, 11) is 0. The maximum atomic E-state index is 11.9. The summed E-state index contributed by atoms with van der Waals surface area (Å²) in [5.74, 6) is 0.465. The summed E-state index contributed by atoms with van der Waals surface area (Å²) in [6, 6.07) is 0.173. The van der Waals surface area contributed by atoms with E-state index in [1.165, 1.54) is 12.8 Å². The van der Waals surface area contributed by atoms with Gasteiger partial charge in [0.25, 0.3) is 5.56 Å². The fourth-order valence-corrected chi connectivity index (χ4v) is 1.53. The van der Waals surface area contributed by atoms with Crippen LogP contribution in [0.5, 0.6) is 0 Å². The highest BCUT2D eigenvalue weighted by Crippen LogP contribution is 2.02. The monoisotopic (exact) mass is 223 g/mol. The number of aromatic nitrogens is 2. The van der Waals surface area contributed by atoms with Gasteiger partial charge in [0, 0.05) is 25.0 Å². The van der Waals surface area contributed by atoms with E-state index in [-0.39, 0.29) is 11.6 Å². The van der Waals surface area contributed by atoms with Gasteiger partial charge in [-0.15, -0.1) is 0 Å². The summed E-state index contributed by atoms with van der Waals surface area (Å²) in [4.78, 5) is 16.0. The lowest BCUT2D eigenvalue weighted by atomic mass is 10.2. The Labute approximate surface area is 96.7 Å². The number of unbranched alkanes of at least 4 members (excludes halogenated alkanes) is 2. The van der Waals surface area contributed by atoms with Gasteiger partial charge in [0.2, 0.25) is 0 Å². The van der Waals surface area contributed by atoms with Crippen LogP contribution in [0.2, 0.25) is 0 Å². The topological polar surface area (TPSA) is 46.9 Å². The number of anilines is 1. The van der Waals surface area contributed by atoms with E-state index in [1.807, 2.05) is 13.8 Å². The first-order chi connectivity index (χ1) is 7.66. The van der Waals surface area contributed by atoms with E-state index >= 15 is 0 Å². The van der Waals surface area contributed by atoms with Crippen molar-refractivity contribution in [2.75, 3.05) is 11.9 Å². The van der Waals surface area contributed by atoms with Gasteiger partial charge in [-0.2, -0.15) is 0 Å². The molecule has 4 heteroatoms. The fraction of sp³-hybridized carbons (Fsp3) is 0.667. The first-order valence-electron chi connectivity index (χ1n) is 5.97. The molecule has 0 atom stereocenters. The Morgan fingerprint density at radius 1 is 1.44 bits per heavy atom. The average molecular weight is 223 g/mol. The van der Waals surface area contributed by atoms with Crippen LogP contribution in [0, 0.1) is 0 Å². The predicted molar refractivity (Wildman–Crippen MR) is 66.9 cm³/mol.